The van der Waals surface area contributed by atoms with E-state index in [9.17, 15) is 0 Å². The Kier molecular flexibility index (Phi) is 5.87. The number of alkyl halides is 2. The summed E-state index contributed by atoms with van der Waals surface area (Å²) in [5.74, 6) is 0. The van der Waals surface area contributed by atoms with Gasteiger partial charge in [0.05, 0.1) is 6.20 Å². The average molecular weight is 465 g/mol. The van der Waals surface area contributed by atoms with Crippen molar-refractivity contribution < 1.29 is 0 Å². The normalized spacial score (nSPS) is 11.8. The fourth-order valence-electron chi connectivity index (χ4n) is 2.32. The zero-order valence-electron chi connectivity index (χ0n) is 11.3. The predicted octanol–water partition coefficient (Wildman–Crippen LogP) is 4.94. The summed E-state index contributed by atoms with van der Waals surface area (Å²) >= 11 is 11.1. The maximum atomic E-state index is 4.38. The quantitative estimate of drug-likeness (QED) is 0.554. The lowest BCUT2D eigenvalue weighted by atomic mass is 9.80. The first-order valence-electron chi connectivity index (χ1n) is 6.53. The third-order valence-electron chi connectivity index (χ3n) is 3.51. The van der Waals surface area contributed by atoms with Gasteiger partial charge in [0.15, 0.2) is 0 Å². The maximum Gasteiger partial charge on any atom is 0.0522 e. The molecule has 0 atom stereocenters. The van der Waals surface area contributed by atoms with Crippen LogP contribution >= 0.6 is 47.8 Å². The first-order chi connectivity index (χ1) is 9.65. The summed E-state index contributed by atoms with van der Waals surface area (Å²) in [4.78, 5) is 0. The molecule has 1 heterocycles. The largest absolute Gasteiger partial charge is 0.273 e. The zero-order chi connectivity index (χ0) is 14.6. The number of aromatic nitrogens is 2. The summed E-state index contributed by atoms with van der Waals surface area (Å²) in [5, 5.41) is 6.17. The Labute approximate surface area is 145 Å². The Balaban J connectivity index is 2.37. The minimum Gasteiger partial charge on any atom is -0.273 e. The highest BCUT2D eigenvalue weighted by Gasteiger charge is 2.32. The molecule has 0 amide bonds. The van der Waals surface area contributed by atoms with Crippen molar-refractivity contribution in [3.8, 4) is 0 Å². The van der Waals surface area contributed by atoms with E-state index in [1.54, 1.807) is 0 Å². The molecule has 1 aromatic carbocycles. The number of nitrogens with zero attached hydrogens (tertiary/aromatic N) is 2. The number of rotatable bonds is 6. The van der Waals surface area contributed by atoms with Crippen LogP contribution in [0.25, 0.3) is 0 Å². The highest BCUT2D eigenvalue weighted by molar-refractivity contribution is 9.10. The highest BCUT2D eigenvalue weighted by atomic mass is 79.9. The van der Waals surface area contributed by atoms with E-state index < -0.39 is 0 Å². The SMILES string of the molecule is CCn1cc(CC(CBr)(CBr)c2ccccc2Br)cn1. The fourth-order valence-corrected chi connectivity index (χ4v) is 4.96. The molecule has 2 rings (SSSR count). The van der Waals surface area contributed by atoms with Crippen LogP contribution in [0, 0.1) is 0 Å². The first kappa shape index (κ1) is 16.2. The summed E-state index contributed by atoms with van der Waals surface area (Å²) in [6, 6.07) is 8.44. The number of aryl methyl sites for hydroxylation is 1. The third kappa shape index (κ3) is 3.37. The van der Waals surface area contributed by atoms with Gasteiger partial charge in [-0.3, -0.25) is 4.68 Å². The maximum absolute atomic E-state index is 4.38. The van der Waals surface area contributed by atoms with Gasteiger partial charge in [-0.25, -0.2) is 0 Å². The average Bonchev–Trinajstić information content (AvgIpc) is 2.93. The van der Waals surface area contributed by atoms with Crippen LogP contribution in [0.4, 0.5) is 0 Å². The van der Waals surface area contributed by atoms with Crippen molar-refractivity contribution >= 4 is 47.8 Å². The van der Waals surface area contributed by atoms with E-state index in [1.165, 1.54) is 11.1 Å². The topological polar surface area (TPSA) is 17.8 Å². The molecule has 0 saturated heterocycles. The third-order valence-corrected chi connectivity index (χ3v) is 6.35. The second-order valence-corrected chi connectivity index (χ2v) is 6.88. The van der Waals surface area contributed by atoms with Gasteiger partial charge in [0.1, 0.15) is 0 Å². The van der Waals surface area contributed by atoms with Crippen molar-refractivity contribution in [3.63, 3.8) is 0 Å². The molecule has 2 nitrogen and oxygen atoms in total. The molecule has 0 bridgehead atoms. The van der Waals surface area contributed by atoms with Crippen molar-refractivity contribution in [3.05, 3.63) is 52.3 Å². The van der Waals surface area contributed by atoms with Crippen molar-refractivity contribution in [2.24, 2.45) is 0 Å². The molecule has 0 unspecified atom stereocenters. The molecular formula is C15H17Br3N2. The summed E-state index contributed by atoms with van der Waals surface area (Å²) in [7, 11) is 0. The van der Waals surface area contributed by atoms with Gasteiger partial charge in [0.2, 0.25) is 0 Å². The second kappa shape index (κ2) is 7.23. The van der Waals surface area contributed by atoms with Gasteiger partial charge in [-0.2, -0.15) is 5.10 Å². The van der Waals surface area contributed by atoms with Crippen molar-refractivity contribution in [1.82, 2.24) is 9.78 Å². The van der Waals surface area contributed by atoms with Crippen LogP contribution in [0.5, 0.6) is 0 Å². The standard InChI is InChI=1S/C15H17Br3N2/c1-2-20-9-12(8-19-20)7-15(10-16,11-17)13-5-3-4-6-14(13)18/h3-6,8-9H,2,7,10-11H2,1H3. The molecule has 0 spiro atoms. The lowest BCUT2D eigenvalue weighted by Gasteiger charge is -2.31. The second-order valence-electron chi connectivity index (χ2n) is 4.91. The molecule has 1 aromatic heterocycles. The van der Waals surface area contributed by atoms with Crippen molar-refractivity contribution in [1.29, 1.82) is 0 Å². The minimum absolute atomic E-state index is 0.0156. The zero-order valence-corrected chi connectivity index (χ0v) is 16.1. The van der Waals surface area contributed by atoms with Crippen LogP contribution in [0.2, 0.25) is 0 Å². The van der Waals surface area contributed by atoms with Gasteiger partial charge in [-0.1, -0.05) is 66.0 Å². The molecule has 0 fully saturated rings. The van der Waals surface area contributed by atoms with Crippen LogP contribution in [0.3, 0.4) is 0 Å². The molecule has 0 aliphatic rings. The molecule has 0 saturated carbocycles. The number of halogens is 3. The van der Waals surface area contributed by atoms with E-state index in [0.717, 1.165) is 28.1 Å². The van der Waals surface area contributed by atoms with E-state index in [0.29, 0.717) is 0 Å². The van der Waals surface area contributed by atoms with Crippen LogP contribution in [-0.2, 0) is 18.4 Å². The molecular weight excluding hydrogens is 448 g/mol. The summed E-state index contributed by atoms with van der Waals surface area (Å²) in [6.45, 7) is 3.01. The molecule has 20 heavy (non-hydrogen) atoms. The molecule has 0 aliphatic heterocycles. The molecule has 0 N–H and O–H groups in total. The van der Waals surface area contributed by atoms with Gasteiger partial charge >= 0.3 is 0 Å². The van der Waals surface area contributed by atoms with E-state index >= 15 is 0 Å². The van der Waals surface area contributed by atoms with Crippen molar-refractivity contribution in [2.45, 2.75) is 25.3 Å². The fraction of sp³-hybridized carbons (Fsp3) is 0.400. The van der Waals surface area contributed by atoms with Gasteiger partial charge in [-0.05, 0) is 30.5 Å². The van der Waals surface area contributed by atoms with Gasteiger partial charge < -0.3 is 0 Å². The molecule has 108 valence electrons. The van der Waals surface area contributed by atoms with Gasteiger partial charge in [0, 0.05) is 33.3 Å². The van der Waals surface area contributed by atoms with E-state index in [1.807, 2.05) is 10.9 Å². The Hall–Kier alpha value is -0.130. The number of benzene rings is 1. The van der Waals surface area contributed by atoms with Crippen LogP contribution < -0.4 is 0 Å². The Morgan fingerprint density at radius 3 is 2.45 bits per heavy atom. The van der Waals surface area contributed by atoms with E-state index in [-0.39, 0.29) is 5.41 Å². The number of hydrogen-bond donors (Lipinski definition) is 0. The Morgan fingerprint density at radius 1 is 1.20 bits per heavy atom. The monoisotopic (exact) mass is 462 g/mol. The summed E-state index contributed by atoms with van der Waals surface area (Å²) < 4.78 is 3.13. The lowest BCUT2D eigenvalue weighted by molar-refractivity contribution is 0.547. The molecule has 5 heteroatoms. The molecule has 2 aromatic rings. The smallest absolute Gasteiger partial charge is 0.0522 e. The molecule has 0 radical (unpaired) electrons. The van der Waals surface area contributed by atoms with Crippen LogP contribution in [-0.4, -0.2) is 20.4 Å². The van der Waals surface area contributed by atoms with E-state index in [4.69, 9.17) is 0 Å². The first-order valence-corrected chi connectivity index (χ1v) is 9.57. The number of hydrogen-bond acceptors (Lipinski definition) is 1. The van der Waals surface area contributed by atoms with Crippen molar-refractivity contribution in [2.75, 3.05) is 10.7 Å². The predicted molar refractivity (Wildman–Crippen MR) is 95.0 cm³/mol. The van der Waals surface area contributed by atoms with Gasteiger partial charge in [0.25, 0.3) is 0 Å². The summed E-state index contributed by atoms with van der Waals surface area (Å²) in [5.41, 5.74) is 2.60. The molecule has 0 aliphatic carbocycles. The Bertz CT molecular complexity index is 562. The van der Waals surface area contributed by atoms with E-state index in [2.05, 4.69) is 90.3 Å². The summed E-state index contributed by atoms with van der Waals surface area (Å²) in [6.07, 6.45) is 5.06. The van der Waals surface area contributed by atoms with Gasteiger partial charge in [-0.15, -0.1) is 0 Å². The minimum atomic E-state index is 0.0156. The lowest BCUT2D eigenvalue weighted by Crippen LogP contribution is -2.33. The van der Waals surface area contributed by atoms with Crippen LogP contribution in [0.1, 0.15) is 18.1 Å². The highest BCUT2D eigenvalue weighted by Crippen LogP contribution is 2.36. The van der Waals surface area contributed by atoms with Crippen LogP contribution in [0.15, 0.2) is 41.1 Å². The Morgan fingerprint density at radius 2 is 1.90 bits per heavy atom.